The van der Waals surface area contributed by atoms with Crippen LogP contribution in [0.5, 0.6) is 0 Å². The summed E-state index contributed by atoms with van der Waals surface area (Å²) in [4.78, 5) is 5.75. The van der Waals surface area contributed by atoms with E-state index in [4.69, 9.17) is 0 Å². The first-order valence-corrected chi connectivity index (χ1v) is 8.91. The molecule has 0 unspecified atom stereocenters. The van der Waals surface area contributed by atoms with Gasteiger partial charge in [0.05, 0.1) is 30.8 Å². The number of aromatic nitrogens is 6. The number of alkyl halides is 3. The Labute approximate surface area is 158 Å². The lowest BCUT2D eigenvalue weighted by Gasteiger charge is -2.16. The summed E-state index contributed by atoms with van der Waals surface area (Å²) >= 11 is 0. The first-order valence-electron chi connectivity index (χ1n) is 8.91. The molecular weight excluding hydrogens is 373 g/mol. The van der Waals surface area contributed by atoms with Crippen LogP contribution in [0.2, 0.25) is 0 Å². The van der Waals surface area contributed by atoms with Crippen molar-refractivity contribution in [3.05, 3.63) is 53.2 Å². The maximum Gasteiger partial charge on any atom is 0.416 e. The molecule has 3 heterocycles. The van der Waals surface area contributed by atoms with E-state index in [-0.39, 0.29) is 17.8 Å². The van der Waals surface area contributed by atoms with Gasteiger partial charge in [0.1, 0.15) is 5.82 Å². The minimum Gasteiger partial charge on any atom is -0.356 e. The zero-order valence-electron chi connectivity index (χ0n) is 14.9. The highest BCUT2D eigenvalue weighted by Gasteiger charge is 2.33. The fourth-order valence-corrected chi connectivity index (χ4v) is 3.21. The summed E-state index contributed by atoms with van der Waals surface area (Å²) in [6, 6.07) is 5.45. The lowest BCUT2D eigenvalue weighted by Crippen LogP contribution is -2.28. The molecular formula is C17H19F3N8. The van der Waals surface area contributed by atoms with Crippen LogP contribution in [-0.4, -0.2) is 36.4 Å². The van der Waals surface area contributed by atoms with Gasteiger partial charge in [0, 0.05) is 19.5 Å². The zero-order valence-corrected chi connectivity index (χ0v) is 14.9. The summed E-state index contributed by atoms with van der Waals surface area (Å²) < 4.78 is 41.4. The lowest BCUT2D eigenvalue weighted by molar-refractivity contribution is -0.138. The first kappa shape index (κ1) is 18.4. The van der Waals surface area contributed by atoms with Crippen LogP contribution in [-0.2, 0) is 32.2 Å². The van der Waals surface area contributed by atoms with Crippen LogP contribution in [0.4, 0.5) is 19.0 Å². The Hall–Kier alpha value is -2.95. The summed E-state index contributed by atoms with van der Waals surface area (Å²) in [7, 11) is 0. The number of hydrogen-bond donors (Lipinski definition) is 2. The highest BCUT2D eigenvalue weighted by molar-refractivity contribution is 5.42. The van der Waals surface area contributed by atoms with Gasteiger partial charge in [0.15, 0.2) is 5.82 Å². The van der Waals surface area contributed by atoms with Crippen molar-refractivity contribution in [3.63, 3.8) is 0 Å². The summed E-state index contributed by atoms with van der Waals surface area (Å²) in [6.07, 6.45) is -1.88. The molecule has 1 aromatic carbocycles. The van der Waals surface area contributed by atoms with Crippen molar-refractivity contribution in [3.8, 4) is 0 Å². The van der Waals surface area contributed by atoms with E-state index in [0.29, 0.717) is 13.2 Å². The van der Waals surface area contributed by atoms with Gasteiger partial charge in [0.2, 0.25) is 0 Å². The van der Waals surface area contributed by atoms with E-state index in [1.165, 1.54) is 16.9 Å². The molecule has 0 saturated carbocycles. The number of fused-ring (bicyclic) bond motifs is 1. The molecule has 148 valence electrons. The van der Waals surface area contributed by atoms with Gasteiger partial charge < -0.3 is 9.88 Å². The fourth-order valence-electron chi connectivity index (χ4n) is 3.21. The van der Waals surface area contributed by atoms with E-state index in [9.17, 15) is 13.2 Å². The van der Waals surface area contributed by atoms with Crippen LogP contribution in [0.3, 0.4) is 0 Å². The molecule has 0 aliphatic carbocycles. The number of tetrazole rings is 1. The van der Waals surface area contributed by atoms with Gasteiger partial charge >= 0.3 is 6.18 Å². The molecule has 2 N–H and O–H groups in total. The topological polar surface area (TPSA) is 85.5 Å². The third kappa shape index (κ3) is 3.98. The molecule has 0 bridgehead atoms. The summed E-state index contributed by atoms with van der Waals surface area (Å²) in [5.74, 6) is 1.16. The van der Waals surface area contributed by atoms with Gasteiger partial charge in [-0.2, -0.15) is 18.0 Å². The molecule has 2 aromatic heterocycles. The molecule has 8 nitrogen and oxygen atoms in total. The number of aryl methyl sites for hydroxylation is 2. The van der Waals surface area contributed by atoms with Crippen molar-refractivity contribution in [2.75, 3.05) is 12.0 Å². The van der Waals surface area contributed by atoms with Crippen molar-refractivity contribution in [2.45, 2.75) is 38.7 Å². The highest BCUT2D eigenvalue weighted by atomic mass is 19.4. The Bertz CT molecular complexity index is 946. The van der Waals surface area contributed by atoms with Gasteiger partial charge in [-0.15, -0.1) is 10.2 Å². The third-order valence-corrected chi connectivity index (χ3v) is 4.54. The predicted octanol–water partition coefficient (Wildman–Crippen LogP) is 2.04. The molecule has 4 rings (SSSR count). The summed E-state index contributed by atoms with van der Waals surface area (Å²) in [5.41, 5.74) is 0.570. The van der Waals surface area contributed by atoms with Crippen LogP contribution in [0.15, 0.2) is 30.6 Å². The second-order valence-electron chi connectivity index (χ2n) is 6.50. The summed E-state index contributed by atoms with van der Waals surface area (Å²) in [5, 5.41) is 18.5. The smallest absolute Gasteiger partial charge is 0.356 e. The minimum atomic E-state index is -4.40. The molecule has 0 fully saturated rings. The molecule has 0 atom stereocenters. The molecule has 0 radical (unpaired) electrons. The standard InChI is InChI=1S/C17H19F3N8/c18-17(19,20)13-5-2-1-4-12(13)8-15-24-26-28(25-15)7-3-6-27-11-23-16-14(27)9-21-10-22-16/h1-2,4-5,11,21-22H,3,6-10H2. The zero-order chi connectivity index (χ0) is 19.6. The largest absolute Gasteiger partial charge is 0.416 e. The van der Waals surface area contributed by atoms with Crippen LogP contribution in [0.25, 0.3) is 0 Å². The quantitative estimate of drug-likeness (QED) is 0.668. The number of nitrogens with zero attached hydrogens (tertiary/aromatic N) is 6. The van der Waals surface area contributed by atoms with E-state index in [0.717, 1.165) is 37.1 Å². The van der Waals surface area contributed by atoms with Crippen molar-refractivity contribution < 1.29 is 13.2 Å². The van der Waals surface area contributed by atoms with E-state index in [1.54, 1.807) is 12.4 Å². The third-order valence-electron chi connectivity index (χ3n) is 4.54. The highest BCUT2D eigenvalue weighted by Crippen LogP contribution is 2.32. The first-order chi connectivity index (χ1) is 13.5. The number of halogens is 3. The minimum absolute atomic E-state index is 0.0119. The molecule has 0 spiro atoms. The molecule has 0 amide bonds. The van der Waals surface area contributed by atoms with E-state index in [1.807, 2.05) is 0 Å². The van der Waals surface area contributed by atoms with Crippen LogP contribution >= 0.6 is 0 Å². The van der Waals surface area contributed by atoms with Crippen molar-refractivity contribution in [1.29, 1.82) is 0 Å². The second kappa shape index (κ2) is 7.58. The molecule has 11 heteroatoms. The number of imidazole rings is 1. The molecule has 28 heavy (non-hydrogen) atoms. The van der Waals surface area contributed by atoms with Crippen LogP contribution < -0.4 is 10.6 Å². The van der Waals surface area contributed by atoms with Crippen LogP contribution in [0.1, 0.15) is 29.1 Å². The Kier molecular flexibility index (Phi) is 4.99. The molecule has 3 aromatic rings. The number of anilines is 1. The van der Waals surface area contributed by atoms with E-state index < -0.39 is 11.7 Å². The second-order valence-corrected chi connectivity index (χ2v) is 6.50. The average molecular weight is 392 g/mol. The summed E-state index contributed by atoms with van der Waals surface area (Å²) in [6.45, 7) is 2.71. The van der Waals surface area contributed by atoms with Gasteiger partial charge in [-0.1, -0.05) is 18.2 Å². The lowest BCUT2D eigenvalue weighted by atomic mass is 10.0. The maximum absolute atomic E-state index is 13.1. The van der Waals surface area contributed by atoms with Crippen LogP contribution in [0, 0.1) is 0 Å². The number of benzene rings is 1. The Balaban J connectivity index is 1.36. The molecule has 1 aliphatic heterocycles. The molecule has 0 saturated heterocycles. The van der Waals surface area contributed by atoms with E-state index in [2.05, 4.69) is 35.6 Å². The average Bonchev–Trinajstić information content (AvgIpc) is 3.29. The fraction of sp³-hybridized carbons (Fsp3) is 0.412. The Morgan fingerprint density at radius 3 is 2.86 bits per heavy atom. The normalized spacial score (nSPS) is 14.0. The number of hydrogen-bond acceptors (Lipinski definition) is 6. The van der Waals surface area contributed by atoms with Gasteiger partial charge in [-0.05, 0) is 23.3 Å². The predicted molar refractivity (Wildman–Crippen MR) is 94.2 cm³/mol. The van der Waals surface area contributed by atoms with Gasteiger partial charge in [0.25, 0.3) is 0 Å². The number of rotatable bonds is 6. The molecule has 1 aliphatic rings. The Morgan fingerprint density at radius 2 is 2.00 bits per heavy atom. The van der Waals surface area contributed by atoms with Gasteiger partial charge in [-0.3, -0.25) is 5.32 Å². The van der Waals surface area contributed by atoms with Crippen molar-refractivity contribution in [1.82, 2.24) is 35.1 Å². The number of nitrogens with one attached hydrogen (secondary N) is 2. The SMILES string of the molecule is FC(F)(F)c1ccccc1Cc1nnn(CCCn2cnc3c2CNCN3)n1. The monoisotopic (exact) mass is 392 g/mol. The Morgan fingerprint density at radius 1 is 1.14 bits per heavy atom. The van der Waals surface area contributed by atoms with E-state index >= 15 is 0 Å². The van der Waals surface area contributed by atoms with Crippen molar-refractivity contribution >= 4 is 5.82 Å². The van der Waals surface area contributed by atoms with Crippen molar-refractivity contribution in [2.24, 2.45) is 0 Å². The van der Waals surface area contributed by atoms with Gasteiger partial charge in [-0.25, -0.2) is 4.98 Å². The maximum atomic E-state index is 13.1.